The smallest absolute Gasteiger partial charge is 0.163 e. The van der Waals surface area contributed by atoms with E-state index >= 15 is 0 Å². The second kappa shape index (κ2) is 7.49. The Morgan fingerprint density at radius 3 is 2.79 bits per heavy atom. The van der Waals surface area contributed by atoms with Crippen LogP contribution in [0.5, 0.6) is 11.5 Å². The van der Waals surface area contributed by atoms with Crippen LogP contribution in [0.1, 0.15) is 24.4 Å². The lowest BCUT2D eigenvalue weighted by molar-refractivity contribution is 0.0670. The number of methoxy groups -OCH3 is 1. The van der Waals surface area contributed by atoms with Gasteiger partial charge in [-0.2, -0.15) is 0 Å². The molecule has 1 fully saturated rings. The van der Waals surface area contributed by atoms with Gasteiger partial charge in [0.25, 0.3) is 0 Å². The molecule has 1 saturated heterocycles. The summed E-state index contributed by atoms with van der Waals surface area (Å²) in [5, 5.41) is 3.29. The second-order valence-corrected chi connectivity index (χ2v) is 5.88. The van der Waals surface area contributed by atoms with Crippen LogP contribution in [-0.2, 0) is 4.74 Å². The van der Waals surface area contributed by atoms with Gasteiger partial charge in [0.1, 0.15) is 18.2 Å². The van der Waals surface area contributed by atoms with Crippen LogP contribution < -0.4 is 14.8 Å². The predicted octanol–water partition coefficient (Wildman–Crippen LogP) is 3.40. The Labute approximate surface area is 142 Å². The molecule has 0 saturated carbocycles. The van der Waals surface area contributed by atoms with Crippen molar-refractivity contribution in [1.82, 2.24) is 9.97 Å². The fourth-order valence-electron chi connectivity index (χ4n) is 2.75. The molecular weight excluding hydrogens is 306 g/mol. The zero-order valence-electron chi connectivity index (χ0n) is 14.3. The van der Waals surface area contributed by atoms with Crippen LogP contribution in [0.15, 0.2) is 24.3 Å². The minimum Gasteiger partial charge on any atom is -0.493 e. The van der Waals surface area contributed by atoms with Crippen molar-refractivity contribution >= 4 is 11.5 Å². The normalized spacial score (nSPS) is 16.9. The van der Waals surface area contributed by atoms with Crippen molar-refractivity contribution in [1.29, 1.82) is 0 Å². The number of anilines is 2. The second-order valence-electron chi connectivity index (χ2n) is 5.88. The number of aryl methyl sites for hydroxylation is 2. The summed E-state index contributed by atoms with van der Waals surface area (Å²) in [4.78, 5) is 8.68. The molecule has 1 aliphatic rings. The van der Waals surface area contributed by atoms with Crippen molar-refractivity contribution in [2.75, 3.05) is 25.6 Å². The number of benzene rings is 1. The molecule has 6 nitrogen and oxygen atoms in total. The van der Waals surface area contributed by atoms with Crippen molar-refractivity contribution in [2.45, 2.75) is 32.8 Å². The predicted molar refractivity (Wildman–Crippen MR) is 92.3 cm³/mol. The quantitative estimate of drug-likeness (QED) is 0.876. The molecule has 1 aromatic heterocycles. The van der Waals surface area contributed by atoms with Crippen LogP contribution in [0, 0.1) is 13.8 Å². The standard InChI is InChI=1S/C18H23N3O3/c1-12-9-18(20-13(2)19-12)21-14-6-7-16(22-3)17(10-14)24-11-15-5-4-8-23-15/h6-7,9-10,15H,4-5,8,11H2,1-3H3,(H,19,20,21)/t15-/m0/s1. The van der Waals surface area contributed by atoms with E-state index in [4.69, 9.17) is 14.2 Å². The number of aromatic nitrogens is 2. The van der Waals surface area contributed by atoms with E-state index in [2.05, 4.69) is 15.3 Å². The molecule has 0 unspecified atom stereocenters. The molecule has 1 aliphatic heterocycles. The molecule has 2 aromatic rings. The van der Waals surface area contributed by atoms with E-state index in [1.807, 2.05) is 38.1 Å². The average Bonchev–Trinajstić information content (AvgIpc) is 3.05. The van der Waals surface area contributed by atoms with Gasteiger partial charge in [0.05, 0.1) is 13.2 Å². The summed E-state index contributed by atoms with van der Waals surface area (Å²) in [5.41, 5.74) is 1.81. The van der Waals surface area contributed by atoms with Crippen LogP contribution in [0.4, 0.5) is 11.5 Å². The lowest BCUT2D eigenvalue weighted by Gasteiger charge is -2.15. The molecule has 0 bridgehead atoms. The molecule has 24 heavy (non-hydrogen) atoms. The van der Waals surface area contributed by atoms with Gasteiger partial charge in [0.2, 0.25) is 0 Å². The Morgan fingerprint density at radius 2 is 2.08 bits per heavy atom. The summed E-state index contributed by atoms with van der Waals surface area (Å²) < 4.78 is 16.9. The van der Waals surface area contributed by atoms with Gasteiger partial charge in [-0.15, -0.1) is 0 Å². The number of hydrogen-bond donors (Lipinski definition) is 1. The van der Waals surface area contributed by atoms with Gasteiger partial charge in [-0.3, -0.25) is 0 Å². The summed E-state index contributed by atoms with van der Waals surface area (Å²) in [6.45, 7) is 5.18. The van der Waals surface area contributed by atoms with Crippen LogP contribution in [0.25, 0.3) is 0 Å². The van der Waals surface area contributed by atoms with Crippen molar-refractivity contribution in [2.24, 2.45) is 0 Å². The third-order valence-corrected chi connectivity index (χ3v) is 3.85. The minimum absolute atomic E-state index is 0.165. The van der Waals surface area contributed by atoms with Crippen LogP contribution in [0.3, 0.4) is 0 Å². The first-order chi connectivity index (χ1) is 11.6. The Balaban J connectivity index is 1.74. The number of rotatable bonds is 6. The molecule has 1 aromatic carbocycles. The number of hydrogen-bond acceptors (Lipinski definition) is 6. The van der Waals surface area contributed by atoms with E-state index in [1.165, 1.54) is 0 Å². The van der Waals surface area contributed by atoms with E-state index in [-0.39, 0.29) is 6.10 Å². The zero-order chi connectivity index (χ0) is 16.9. The maximum Gasteiger partial charge on any atom is 0.163 e. The molecule has 128 valence electrons. The topological polar surface area (TPSA) is 65.5 Å². The van der Waals surface area contributed by atoms with Gasteiger partial charge in [-0.1, -0.05) is 0 Å². The Bertz CT molecular complexity index is 680. The molecule has 0 amide bonds. The van der Waals surface area contributed by atoms with Crippen molar-refractivity contribution in [3.63, 3.8) is 0 Å². The van der Waals surface area contributed by atoms with Gasteiger partial charge >= 0.3 is 0 Å². The first-order valence-electron chi connectivity index (χ1n) is 8.16. The highest BCUT2D eigenvalue weighted by molar-refractivity contribution is 5.61. The van der Waals surface area contributed by atoms with E-state index in [1.54, 1.807) is 7.11 Å². The fourth-order valence-corrected chi connectivity index (χ4v) is 2.75. The number of nitrogens with zero attached hydrogens (tertiary/aromatic N) is 2. The van der Waals surface area contributed by atoms with Gasteiger partial charge in [-0.05, 0) is 38.8 Å². The lowest BCUT2D eigenvalue weighted by Crippen LogP contribution is -2.16. The largest absolute Gasteiger partial charge is 0.493 e. The zero-order valence-corrected chi connectivity index (χ0v) is 14.3. The summed E-state index contributed by atoms with van der Waals surface area (Å²) in [7, 11) is 1.64. The molecular formula is C18H23N3O3. The van der Waals surface area contributed by atoms with E-state index in [0.29, 0.717) is 18.1 Å². The molecule has 2 heterocycles. The molecule has 3 rings (SSSR count). The fraction of sp³-hybridized carbons (Fsp3) is 0.444. The van der Waals surface area contributed by atoms with Crippen LogP contribution in [-0.4, -0.2) is 36.4 Å². The maximum atomic E-state index is 5.92. The SMILES string of the molecule is COc1ccc(Nc2cc(C)nc(C)n2)cc1OC[C@@H]1CCCO1. The molecule has 1 N–H and O–H groups in total. The van der Waals surface area contributed by atoms with E-state index < -0.39 is 0 Å². The van der Waals surface area contributed by atoms with E-state index in [0.717, 1.165) is 42.5 Å². The van der Waals surface area contributed by atoms with E-state index in [9.17, 15) is 0 Å². The monoisotopic (exact) mass is 329 g/mol. The Kier molecular flexibility index (Phi) is 5.15. The average molecular weight is 329 g/mol. The number of ether oxygens (including phenoxy) is 3. The molecule has 6 heteroatoms. The first kappa shape index (κ1) is 16.5. The maximum absolute atomic E-state index is 5.92. The summed E-state index contributed by atoms with van der Waals surface area (Å²) in [5.74, 6) is 2.89. The molecule has 0 aliphatic carbocycles. The molecule has 0 spiro atoms. The minimum atomic E-state index is 0.165. The summed E-state index contributed by atoms with van der Waals surface area (Å²) in [6.07, 6.45) is 2.30. The van der Waals surface area contributed by atoms with Gasteiger partial charge in [0, 0.05) is 30.1 Å². The van der Waals surface area contributed by atoms with Gasteiger partial charge < -0.3 is 19.5 Å². The van der Waals surface area contributed by atoms with Crippen molar-refractivity contribution in [3.8, 4) is 11.5 Å². The summed E-state index contributed by atoms with van der Waals surface area (Å²) in [6, 6.07) is 7.64. The highest BCUT2D eigenvalue weighted by Gasteiger charge is 2.17. The highest BCUT2D eigenvalue weighted by Crippen LogP contribution is 2.32. The van der Waals surface area contributed by atoms with Crippen molar-refractivity contribution < 1.29 is 14.2 Å². The third-order valence-electron chi connectivity index (χ3n) is 3.85. The molecule has 1 atom stereocenters. The third kappa shape index (κ3) is 4.14. The number of nitrogens with one attached hydrogen (secondary N) is 1. The highest BCUT2D eigenvalue weighted by atomic mass is 16.5. The first-order valence-corrected chi connectivity index (χ1v) is 8.16. The van der Waals surface area contributed by atoms with Crippen molar-refractivity contribution in [3.05, 3.63) is 35.8 Å². The van der Waals surface area contributed by atoms with Gasteiger partial charge in [0.15, 0.2) is 11.5 Å². The molecule has 0 radical (unpaired) electrons. The van der Waals surface area contributed by atoms with Crippen LogP contribution in [0.2, 0.25) is 0 Å². The lowest BCUT2D eigenvalue weighted by atomic mass is 10.2. The Hall–Kier alpha value is -2.34. The summed E-state index contributed by atoms with van der Waals surface area (Å²) >= 11 is 0. The van der Waals surface area contributed by atoms with Crippen LogP contribution >= 0.6 is 0 Å². The van der Waals surface area contributed by atoms with Gasteiger partial charge in [-0.25, -0.2) is 9.97 Å². The Morgan fingerprint density at radius 1 is 1.21 bits per heavy atom.